The topological polar surface area (TPSA) is 46.2 Å². The first-order valence-electron chi connectivity index (χ1n) is 5.02. The minimum atomic E-state index is -3.07. The monoisotopic (exact) mass is 225 g/mol. The zero-order chi connectivity index (χ0) is 11.1. The minimum absolute atomic E-state index is 0.387. The third-order valence-electron chi connectivity index (χ3n) is 2.90. The zero-order valence-corrected chi connectivity index (χ0v) is 9.71. The molecule has 3 nitrogen and oxygen atoms in total. The standard InChI is InChI=1S/C11H15NO2S/c1-8-7-12-11(8)9-3-5-10(6-4-9)15(2,13)14/h3-6,8,11-12H,7H2,1-2H3. The van der Waals surface area contributed by atoms with Crippen molar-refractivity contribution < 1.29 is 8.42 Å². The average molecular weight is 225 g/mol. The highest BCUT2D eigenvalue weighted by molar-refractivity contribution is 7.90. The van der Waals surface area contributed by atoms with Gasteiger partial charge in [0.25, 0.3) is 0 Å². The first-order valence-corrected chi connectivity index (χ1v) is 6.91. The summed E-state index contributed by atoms with van der Waals surface area (Å²) in [7, 11) is -3.07. The molecule has 0 radical (unpaired) electrons. The summed E-state index contributed by atoms with van der Waals surface area (Å²) < 4.78 is 22.5. The predicted molar refractivity (Wildman–Crippen MR) is 59.5 cm³/mol. The molecule has 1 aliphatic heterocycles. The van der Waals surface area contributed by atoms with Gasteiger partial charge in [0, 0.05) is 18.8 Å². The van der Waals surface area contributed by atoms with Crippen LogP contribution in [0.2, 0.25) is 0 Å². The van der Waals surface area contributed by atoms with Crippen molar-refractivity contribution in [3.63, 3.8) is 0 Å². The lowest BCUT2D eigenvalue weighted by Gasteiger charge is -2.36. The van der Waals surface area contributed by atoms with E-state index in [9.17, 15) is 8.42 Å². The molecule has 0 bridgehead atoms. The van der Waals surface area contributed by atoms with Gasteiger partial charge in [0.05, 0.1) is 4.90 Å². The van der Waals surface area contributed by atoms with Crippen molar-refractivity contribution in [3.8, 4) is 0 Å². The van der Waals surface area contributed by atoms with E-state index in [1.54, 1.807) is 12.1 Å². The Labute approximate surface area is 90.4 Å². The van der Waals surface area contributed by atoms with Crippen molar-refractivity contribution in [1.82, 2.24) is 5.32 Å². The largest absolute Gasteiger partial charge is 0.309 e. The van der Waals surface area contributed by atoms with Gasteiger partial charge in [-0.2, -0.15) is 0 Å². The van der Waals surface area contributed by atoms with Crippen molar-refractivity contribution in [2.75, 3.05) is 12.8 Å². The molecule has 2 unspecified atom stereocenters. The fourth-order valence-corrected chi connectivity index (χ4v) is 2.47. The van der Waals surface area contributed by atoms with Gasteiger partial charge in [0.2, 0.25) is 0 Å². The molecule has 2 atom stereocenters. The molecule has 4 heteroatoms. The van der Waals surface area contributed by atoms with Crippen LogP contribution in [0.4, 0.5) is 0 Å². The summed E-state index contributed by atoms with van der Waals surface area (Å²) in [5.74, 6) is 0.633. The lowest BCUT2D eigenvalue weighted by Crippen LogP contribution is -2.43. The van der Waals surface area contributed by atoms with Gasteiger partial charge in [0.15, 0.2) is 9.84 Å². The highest BCUT2D eigenvalue weighted by Crippen LogP contribution is 2.29. The number of nitrogens with one attached hydrogen (secondary N) is 1. The third kappa shape index (κ3) is 2.06. The number of rotatable bonds is 2. The van der Waals surface area contributed by atoms with Gasteiger partial charge in [0.1, 0.15) is 0 Å². The van der Waals surface area contributed by atoms with Gasteiger partial charge >= 0.3 is 0 Å². The zero-order valence-electron chi connectivity index (χ0n) is 8.90. The van der Waals surface area contributed by atoms with E-state index in [1.165, 1.54) is 11.8 Å². The van der Waals surface area contributed by atoms with Gasteiger partial charge in [-0.25, -0.2) is 8.42 Å². The van der Waals surface area contributed by atoms with Crippen molar-refractivity contribution in [3.05, 3.63) is 29.8 Å². The van der Waals surface area contributed by atoms with Crippen LogP contribution in [0.5, 0.6) is 0 Å². The molecule has 15 heavy (non-hydrogen) atoms. The summed E-state index contributed by atoms with van der Waals surface area (Å²) in [5, 5.41) is 3.32. The summed E-state index contributed by atoms with van der Waals surface area (Å²) in [6.07, 6.45) is 1.23. The molecule has 1 N–H and O–H groups in total. The van der Waals surface area contributed by atoms with Crippen LogP contribution < -0.4 is 5.32 Å². The first-order chi connectivity index (χ1) is 6.98. The van der Waals surface area contributed by atoms with Crippen LogP contribution in [-0.4, -0.2) is 21.2 Å². The smallest absolute Gasteiger partial charge is 0.175 e. The van der Waals surface area contributed by atoms with Crippen molar-refractivity contribution in [2.45, 2.75) is 17.9 Å². The molecule has 0 spiro atoms. The first kappa shape index (κ1) is 10.6. The van der Waals surface area contributed by atoms with Crippen LogP contribution >= 0.6 is 0 Å². The Balaban J connectivity index is 2.25. The Kier molecular flexibility index (Phi) is 2.56. The van der Waals surface area contributed by atoms with Crippen LogP contribution in [0.3, 0.4) is 0 Å². The fraction of sp³-hybridized carbons (Fsp3) is 0.455. The molecule has 1 fully saturated rings. The van der Waals surface area contributed by atoms with Crippen molar-refractivity contribution in [1.29, 1.82) is 0 Å². The van der Waals surface area contributed by atoms with E-state index in [0.717, 1.165) is 6.54 Å². The number of hydrogen-bond donors (Lipinski definition) is 1. The van der Waals surface area contributed by atoms with Gasteiger partial charge in [-0.05, 0) is 23.6 Å². The summed E-state index contributed by atoms with van der Waals surface area (Å²) in [4.78, 5) is 0.387. The summed E-state index contributed by atoms with van der Waals surface area (Å²) in [6.45, 7) is 3.23. The third-order valence-corrected chi connectivity index (χ3v) is 4.02. The molecule has 0 aliphatic carbocycles. The molecule has 1 aromatic rings. The maximum Gasteiger partial charge on any atom is 0.175 e. The Morgan fingerprint density at radius 2 is 1.87 bits per heavy atom. The maximum atomic E-state index is 11.2. The SMILES string of the molecule is CC1CNC1c1ccc(S(C)(=O)=O)cc1. The lowest BCUT2D eigenvalue weighted by atomic mass is 9.88. The van der Waals surface area contributed by atoms with Crippen LogP contribution in [0.15, 0.2) is 29.2 Å². The van der Waals surface area contributed by atoms with Crippen LogP contribution in [0, 0.1) is 5.92 Å². The Morgan fingerprint density at radius 1 is 1.27 bits per heavy atom. The van der Waals surface area contributed by atoms with Gasteiger partial charge < -0.3 is 5.32 Å². The highest BCUT2D eigenvalue weighted by Gasteiger charge is 2.27. The molecule has 82 valence electrons. The fourth-order valence-electron chi connectivity index (χ4n) is 1.84. The second-order valence-corrected chi connectivity index (χ2v) is 6.22. The highest BCUT2D eigenvalue weighted by atomic mass is 32.2. The van der Waals surface area contributed by atoms with Gasteiger partial charge in [-0.3, -0.25) is 0 Å². The Morgan fingerprint density at radius 3 is 2.20 bits per heavy atom. The minimum Gasteiger partial charge on any atom is -0.309 e. The maximum absolute atomic E-state index is 11.2. The van der Waals surface area contributed by atoms with E-state index in [4.69, 9.17) is 0 Å². The quantitative estimate of drug-likeness (QED) is 0.827. The molecule has 2 rings (SSSR count). The molecular formula is C11H15NO2S. The van der Waals surface area contributed by atoms with E-state index >= 15 is 0 Å². The molecule has 1 heterocycles. The molecule has 1 saturated heterocycles. The van der Waals surface area contributed by atoms with E-state index < -0.39 is 9.84 Å². The van der Waals surface area contributed by atoms with Gasteiger partial charge in [-0.1, -0.05) is 19.1 Å². The number of sulfone groups is 1. The number of hydrogen-bond acceptors (Lipinski definition) is 3. The molecular weight excluding hydrogens is 210 g/mol. The molecule has 0 amide bonds. The second kappa shape index (κ2) is 3.61. The molecule has 1 aromatic carbocycles. The Bertz CT molecular complexity index is 450. The summed E-state index contributed by atoms with van der Waals surface area (Å²) in [5.41, 5.74) is 1.17. The van der Waals surface area contributed by atoms with Gasteiger partial charge in [-0.15, -0.1) is 0 Å². The van der Waals surface area contributed by atoms with E-state index in [-0.39, 0.29) is 0 Å². The summed E-state index contributed by atoms with van der Waals surface area (Å²) >= 11 is 0. The number of benzene rings is 1. The Hall–Kier alpha value is -0.870. The predicted octanol–water partition coefficient (Wildman–Crippen LogP) is 1.37. The molecule has 0 aromatic heterocycles. The normalized spacial score (nSPS) is 26.0. The second-order valence-electron chi connectivity index (χ2n) is 4.20. The average Bonchev–Trinajstić information content (AvgIpc) is 2.15. The van der Waals surface area contributed by atoms with E-state index in [0.29, 0.717) is 16.9 Å². The van der Waals surface area contributed by atoms with Crippen LogP contribution in [0.25, 0.3) is 0 Å². The lowest BCUT2D eigenvalue weighted by molar-refractivity contribution is 0.258. The van der Waals surface area contributed by atoms with E-state index in [1.807, 2.05) is 12.1 Å². The molecule has 0 saturated carbocycles. The van der Waals surface area contributed by atoms with Crippen LogP contribution in [0.1, 0.15) is 18.5 Å². The van der Waals surface area contributed by atoms with Crippen LogP contribution in [-0.2, 0) is 9.84 Å². The van der Waals surface area contributed by atoms with Crippen molar-refractivity contribution in [2.24, 2.45) is 5.92 Å². The summed E-state index contributed by atoms with van der Waals surface area (Å²) in [6, 6.07) is 7.53. The van der Waals surface area contributed by atoms with Crippen molar-refractivity contribution >= 4 is 9.84 Å². The molecule has 1 aliphatic rings. The van der Waals surface area contributed by atoms with E-state index in [2.05, 4.69) is 12.2 Å².